The van der Waals surface area contributed by atoms with Crippen LogP contribution in [-0.4, -0.2) is 32.0 Å². The highest BCUT2D eigenvalue weighted by Crippen LogP contribution is 2.28. The van der Waals surface area contributed by atoms with Crippen LogP contribution in [0.3, 0.4) is 0 Å². The molecule has 0 aliphatic carbocycles. The Kier molecular flexibility index (Phi) is 5.74. The van der Waals surface area contributed by atoms with Crippen LogP contribution in [-0.2, 0) is 15.2 Å². The first-order valence-corrected chi connectivity index (χ1v) is 8.65. The molecule has 0 aliphatic rings. The molecular formula is C11H14BrNO5S. The van der Waals surface area contributed by atoms with Crippen molar-refractivity contribution >= 4 is 31.5 Å². The number of halogens is 1. The van der Waals surface area contributed by atoms with Crippen LogP contribution in [0.2, 0.25) is 0 Å². The Balaban J connectivity index is 2.70. The molecule has 0 atom stereocenters. The number of sulfone groups is 1. The molecule has 0 aromatic heterocycles. The summed E-state index contributed by atoms with van der Waals surface area (Å²) >= 11 is 3.22. The molecule has 0 saturated carbocycles. The molecule has 0 heterocycles. The van der Waals surface area contributed by atoms with Crippen molar-refractivity contribution in [3.05, 3.63) is 33.9 Å². The summed E-state index contributed by atoms with van der Waals surface area (Å²) in [6, 6.07) is 4.67. The zero-order valence-electron chi connectivity index (χ0n) is 10.3. The second-order valence-corrected chi connectivity index (χ2v) is 6.85. The molecule has 1 rings (SSSR count). The van der Waals surface area contributed by atoms with Crippen molar-refractivity contribution in [3.63, 3.8) is 0 Å². The minimum absolute atomic E-state index is 0.000279. The summed E-state index contributed by atoms with van der Waals surface area (Å²) < 4.78 is 27.1. The van der Waals surface area contributed by atoms with Gasteiger partial charge < -0.3 is 4.74 Å². The van der Waals surface area contributed by atoms with Crippen molar-refractivity contribution in [1.29, 1.82) is 0 Å². The summed E-state index contributed by atoms with van der Waals surface area (Å²) in [6.45, 7) is 0.127. The number of hydrogen-bond donors (Lipinski definition) is 0. The second kappa shape index (κ2) is 6.85. The molecule has 0 fully saturated rings. The van der Waals surface area contributed by atoms with E-state index in [9.17, 15) is 18.5 Å². The average Bonchev–Trinajstić information content (AvgIpc) is 2.33. The first-order valence-electron chi connectivity index (χ1n) is 5.47. The van der Waals surface area contributed by atoms with E-state index in [1.165, 1.54) is 12.1 Å². The molecule has 0 unspecified atom stereocenters. The second-order valence-electron chi connectivity index (χ2n) is 4.02. The van der Waals surface area contributed by atoms with E-state index >= 15 is 0 Å². The number of rotatable bonds is 7. The lowest BCUT2D eigenvalue weighted by atomic mass is 10.2. The van der Waals surface area contributed by atoms with Gasteiger partial charge in [0.15, 0.2) is 5.75 Å². The van der Waals surface area contributed by atoms with Gasteiger partial charge in [-0.1, -0.05) is 22.0 Å². The molecule has 6 nitrogen and oxygen atoms in total. The summed E-state index contributed by atoms with van der Waals surface area (Å²) in [6.07, 6.45) is 1.44. The summed E-state index contributed by atoms with van der Waals surface area (Å²) in [7, 11) is -3.04. The van der Waals surface area contributed by atoms with Gasteiger partial charge >= 0.3 is 5.69 Å². The molecule has 0 N–H and O–H groups in total. The minimum Gasteiger partial charge on any atom is -0.487 e. The van der Waals surface area contributed by atoms with E-state index < -0.39 is 14.8 Å². The van der Waals surface area contributed by atoms with Crippen LogP contribution in [0.25, 0.3) is 0 Å². The Morgan fingerprint density at radius 1 is 1.42 bits per heavy atom. The minimum atomic E-state index is -3.04. The largest absolute Gasteiger partial charge is 0.487 e. The smallest absolute Gasteiger partial charge is 0.311 e. The molecule has 106 valence electrons. The highest BCUT2D eigenvalue weighted by Gasteiger charge is 2.15. The molecule has 0 spiro atoms. The van der Waals surface area contributed by atoms with Crippen molar-refractivity contribution in [2.75, 3.05) is 18.6 Å². The van der Waals surface area contributed by atoms with Gasteiger partial charge in [0.2, 0.25) is 0 Å². The SMILES string of the molecule is CS(=O)(=O)CCCOc1ccc(CBr)cc1[N+](=O)[O-]. The number of nitrogens with zero attached hydrogens (tertiary/aromatic N) is 1. The third-order valence-corrected chi connectivity index (χ3v) is 3.97. The first-order chi connectivity index (χ1) is 8.83. The van der Waals surface area contributed by atoms with Gasteiger partial charge in [-0.25, -0.2) is 8.42 Å². The highest BCUT2D eigenvalue weighted by molar-refractivity contribution is 9.08. The number of nitro groups is 1. The van der Waals surface area contributed by atoms with Crippen molar-refractivity contribution in [1.82, 2.24) is 0 Å². The van der Waals surface area contributed by atoms with Crippen LogP contribution in [0.5, 0.6) is 5.75 Å². The topological polar surface area (TPSA) is 86.5 Å². The van der Waals surface area contributed by atoms with Gasteiger partial charge in [-0.3, -0.25) is 10.1 Å². The van der Waals surface area contributed by atoms with E-state index in [-0.39, 0.29) is 23.8 Å². The van der Waals surface area contributed by atoms with Gasteiger partial charge in [0.05, 0.1) is 17.3 Å². The van der Waals surface area contributed by atoms with E-state index in [2.05, 4.69) is 15.9 Å². The predicted molar refractivity (Wildman–Crippen MR) is 75.6 cm³/mol. The summed E-state index contributed by atoms with van der Waals surface area (Å²) in [4.78, 5) is 10.4. The Labute approximate surface area is 120 Å². The molecule has 0 saturated heterocycles. The maximum Gasteiger partial charge on any atom is 0.311 e. The number of ether oxygens (including phenoxy) is 1. The molecule has 8 heteroatoms. The van der Waals surface area contributed by atoms with Crippen molar-refractivity contribution < 1.29 is 18.1 Å². The number of benzene rings is 1. The van der Waals surface area contributed by atoms with Crippen LogP contribution in [0.4, 0.5) is 5.69 Å². The standard InChI is InChI=1S/C11H14BrNO5S/c1-19(16,17)6-2-5-18-11-4-3-9(8-12)7-10(11)13(14)15/h3-4,7H,2,5-6,8H2,1H3. The maximum atomic E-state index is 10.9. The Morgan fingerprint density at radius 2 is 2.11 bits per heavy atom. The van der Waals surface area contributed by atoms with Crippen LogP contribution in [0, 0.1) is 10.1 Å². The van der Waals surface area contributed by atoms with Crippen molar-refractivity contribution in [3.8, 4) is 5.75 Å². The van der Waals surface area contributed by atoms with Gasteiger partial charge in [-0.05, 0) is 18.1 Å². The van der Waals surface area contributed by atoms with Crippen LogP contribution >= 0.6 is 15.9 Å². The lowest BCUT2D eigenvalue weighted by Gasteiger charge is -2.07. The first kappa shape index (κ1) is 15.9. The third-order valence-electron chi connectivity index (χ3n) is 2.29. The zero-order valence-corrected chi connectivity index (χ0v) is 12.7. The van der Waals surface area contributed by atoms with E-state index in [0.717, 1.165) is 11.8 Å². The van der Waals surface area contributed by atoms with E-state index in [1.807, 2.05) is 0 Å². The Hall–Kier alpha value is -1.15. The number of hydrogen-bond acceptors (Lipinski definition) is 5. The molecule has 0 bridgehead atoms. The van der Waals surface area contributed by atoms with Gasteiger partial charge in [0, 0.05) is 17.7 Å². The molecule has 19 heavy (non-hydrogen) atoms. The summed E-state index contributed by atoms with van der Waals surface area (Å²) in [5.41, 5.74) is 0.659. The number of nitro benzene ring substituents is 1. The van der Waals surface area contributed by atoms with Gasteiger partial charge in [-0.15, -0.1) is 0 Å². The molecule has 1 aromatic carbocycles. The monoisotopic (exact) mass is 351 g/mol. The van der Waals surface area contributed by atoms with E-state index in [0.29, 0.717) is 11.8 Å². The van der Waals surface area contributed by atoms with Crippen molar-refractivity contribution in [2.24, 2.45) is 0 Å². The fraction of sp³-hybridized carbons (Fsp3) is 0.455. The normalized spacial score (nSPS) is 11.3. The maximum absolute atomic E-state index is 10.9. The van der Waals surface area contributed by atoms with E-state index in [4.69, 9.17) is 4.74 Å². The molecule has 0 aliphatic heterocycles. The summed E-state index contributed by atoms with van der Waals surface area (Å²) in [5.74, 6) is 0.156. The summed E-state index contributed by atoms with van der Waals surface area (Å²) in [5, 5.41) is 11.4. The van der Waals surface area contributed by atoms with Crippen molar-refractivity contribution in [2.45, 2.75) is 11.8 Å². The molecular weight excluding hydrogens is 338 g/mol. The average molecular weight is 352 g/mol. The predicted octanol–water partition coefficient (Wildman–Crippen LogP) is 2.30. The van der Waals surface area contributed by atoms with Crippen LogP contribution in [0.1, 0.15) is 12.0 Å². The Morgan fingerprint density at radius 3 is 2.63 bits per heavy atom. The van der Waals surface area contributed by atoms with Gasteiger partial charge in [-0.2, -0.15) is 0 Å². The fourth-order valence-electron chi connectivity index (χ4n) is 1.41. The van der Waals surface area contributed by atoms with Gasteiger partial charge in [0.25, 0.3) is 0 Å². The van der Waals surface area contributed by atoms with Crippen LogP contribution in [0.15, 0.2) is 18.2 Å². The highest BCUT2D eigenvalue weighted by atomic mass is 79.9. The molecule has 0 radical (unpaired) electrons. The number of alkyl halides is 1. The zero-order chi connectivity index (χ0) is 14.5. The molecule has 1 aromatic rings. The quantitative estimate of drug-likeness (QED) is 0.325. The lowest BCUT2D eigenvalue weighted by molar-refractivity contribution is -0.385. The molecule has 0 amide bonds. The van der Waals surface area contributed by atoms with Crippen LogP contribution < -0.4 is 4.74 Å². The lowest BCUT2D eigenvalue weighted by Crippen LogP contribution is -2.08. The third kappa shape index (κ3) is 5.56. The van der Waals surface area contributed by atoms with Gasteiger partial charge in [0.1, 0.15) is 9.84 Å². The Bertz CT molecular complexity index is 558. The van der Waals surface area contributed by atoms with E-state index in [1.54, 1.807) is 6.07 Å². The fourth-order valence-corrected chi connectivity index (χ4v) is 2.41.